The minimum Gasteiger partial charge on any atom is -0.846 e. The lowest BCUT2D eigenvalue weighted by molar-refractivity contribution is -0.670. The molecule has 0 spiro atoms. The molecule has 0 saturated carbocycles. The monoisotopic (exact) mass is 348 g/mol. The zero-order valence-corrected chi connectivity index (χ0v) is 12.6. The van der Waals surface area contributed by atoms with E-state index in [0.717, 1.165) is 12.1 Å². The van der Waals surface area contributed by atoms with E-state index in [1.54, 1.807) is 24.3 Å². The average molecular weight is 348 g/mol. The number of hydrogen-bond donors (Lipinski definition) is 1. The van der Waals surface area contributed by atoms with Crippen LogP contribution in [0.2, 0.25) is 0 Å². The van der Waals surface area contributed by atoms with Gasteiger partial charge >= 0.3 is 12.1 Å². The molecule has 3 aromatic rings. The molecule has 3 rings (SSSR count). The molecule has 128 valence electrons. The van der Waals surface area contributed by atoms with Crippen molar-refractivity contribution in [3.05, 3.63) is 66.4 Å². The Morgan fingerprint density at radius 1 is 1.12 bits per heavy atom. The number of halogens is 3. The van der Waals surface area contributed by atoms with Crippen LogP contribution < -0.4 is 15.1 Å². The Bertz CT molecular complexity index is 892. The van der Waals surface area contributed by atoms with Gasteiger partial charge in [0.05, 0.1) is 11.6 Å². The second-order valence-electron chi connectivity index (χ2n) is 4.94. The molecular weight excluding hydrogens is 337 g/mol. The number of benzene rings is 2. The molecule has 6 nitrogen and oxygen atoms in total. The number of anilines is 1. The molecule has 1 N–H and O–H groups in total. The number of para-hydroxylation sites is 1. The molecule has 0 amide bonds. The summed E-state index contributed by atoms with van der Waals surface area (Å²) in [6.45, 7) is 0. The van der Waals surface area contributed by atoms with Gasteiger partial charge in [-0.3, -0.25) is 4.52 Å². The summed E-state index contributed by atoms with van der Waals surface area (Å²) in [4.78, 5) is 3.61. The smallest absolute Gasteiger partial charge is 0.416 e. The van der Waals surface area contributed by atoms with Crippen molar-refractivity contribution in [2.75, 3.05) is 5.32 Å². The maximum absolute atomic E-state index is 12.7. The Kier molecular flexibility index (Phi) is 4.38. The molecule has 1 aromatic heterocycles. The summed E-state index contributed by atoms with van der Waals surface area (Å²) in [6, 6.07) is 12.3. The SMILES string of the molecule is [O-]C(=Nc1c[n+](-c2ccccc2)no1)Nc1cccc(C(F)(F)F)c1. The number of aliphatic imine (C=N–C) groups is 1. The summed E-state index contributed by atoms with van der Waals surface area (Å²) in [7, 11) is 0. The Balaban J connectivity index is 1.76. The van der Waals surface area contributed by atoms with E-state index in [-0.39, 0.29) is 11.6 Å². The predicted molar refractivity (Wildman–Crippen MR) is 80.2 cm³/mol. The lowest BCUT2D eigenvalue weighted by Crippen LogP contribution is -2.31. The van der Waals surface area contributed by atoms with E-state index in [9.17, 15) is 18.3 Å². The van der Waals surface area contributed by atoms with Crippen molar-refractivity contribution in [2.45, 2.75) is 6.18 Å². The molecule has 0 fully saturated rings. The minimum absolute atomic E-state index is 0.0287. The maximum Gasteiger partial charge on any atom is 0.416 e. The molecule has 0 atom stereocenters. The van der Waals surface area contributed by atoms with Crippen LogP contribution in [0.15, 0.2) is 70.3 Å². The lowest BCUT2D eigenvalue weighted by Gasteiger charge is -2.14. The minimum atomic E-state index is -4.50. The quantitative estimate of drug-likeness (QED) is 0.448. The highest BCUT2D eigenvalue weighted by atomic mass is 19.4. The van der Waals surface area contributed by atoms with E-state index < -0.39 is 17.8 Å². The van der Waals surface area contributed by atoms with Gasteiger partial charge in [0.2, 0.25) is 11.0 Å². The van der Waals surface area contributed by atoms with Crippen molar-refractivity contribution in [3.63, 3.8) is 0 Å². The molecule has 0 unspecified atom stereocenters. The highest BCUT2D eigenvalue weighted by molar-refractivity contribution is 5.87. The fourth-order valence-electron chi connectivity index (χ4n) is 2.01. The van der Waals surface area contributed by atoms with E-state index in [0.29, 0.717) is 5.69 Å². The molecule has 0 aliphatic carbocycles. The van der Waals surface area contributed by atoms with Gasteiger partial charge < -0.3 is 10.4 Å². The Hall–Kier alpha value is -3.36. The fourth-order valence-corrected chi connectivity index (χ4v) is 2.01. The maximum atomic E-state index is 12.7. The zero-order valence-electron chi connectivity index (χ0n) is 12.6. The van der Waals surface area contributed by atoms with Gasteiger partial charge in [0, 0.05) is 17.8 Å². The molecular formula is C16H11F3N4O2. The van der Waals surface area contributed by atoms with Crippen molar-refractivity contribution in [1.29, 1.82) is 0 Å². The molecule has 25 heavy (non-hydrogen) atoms. The average Bonchev–Trinajstić information content (AvgIpc) is 3.03. The van der Waals surface area contributed by atoms with Gasteiger partial charge in [-0.1, -0.05) is 24.3 Å². The van der Waals surface area contributed by atoms with Crippen molar-refractivity contribution in [1.82, 2.24) is 5.27 Å². The molecule has 0 radical (unpaired) electrons. The van der Waals surface area contributed by atoms with Gasteiger partial charge in [-0.05, 0) is 22.9 Å². The van der Waals surface area contributed by atoms with Crippen LogP contribution in [0.3, 0.4) is 0 Å². The second-order valence-corrected chi connectivity index (χ2v) is 4.94. The van der Waals surface area contributed by atoms with Crippen molar-refractivity contribution in [3.8, 4) is 5.69 Å². The number of aromatic nitrogens is 2. The third kappa shape index (κ3) is 4.14. The Labute approximate surface area is 139 Å². The first kappa shape index (κ1) is 16.5. The highest BCUT2D eigenvalue weighted by Crippen LogP contribution is 2.30. The number of rotatable bonds is 3. The topological polar surface area (TPSA) is 77.4 Å². The van der Waals surface area contributed by atoms with E-state index in [4.69, 9.17) is 4.52 Å². The van der Waals surface area contributed by atoms with Gasteiger partial charge in [0.1, 0.15) is 0 Å². The molecule has 0 aliphatic heterocycles. The zero-order chi connectivity index (χ0) is 17.9. The molecule has 0 aliphatic rings. The van der Waals surface area contributed by atoms with Crippen LogP contribution in [0.1, 0.15) is 5.56 Å². The van der Waals surface area contributed by atoms with Crippen LogP contribution in [0.5, 0.6) is 0 Å². The van der Waals surface area contributed by atoms with E-state index in [1.165, 1.54) is 23.0 Å². The van der Waals surface area contributed by atoms with Crippen LogP contribution >= 0.6 is 0 Å². The molecule has 2 aromatic carbocycles. The number of hydrogen-bond acceptors (Lipinski definition) is 4. The van der Waals surface area contributed by atoms with Gasteiger partial charge in [0.25, 0.3) is 6.20 Å². The first-order valence-corrected chi connectivity index (χ1v) is 7.06. The second kappa shape index (κ2) is 6.63. The van der Waals surface area contributed by atoms with Crippen molar-refractivity contribution in [2.24, 2.45) is 4.99 Å². The summed E-state index contributed by atoms with van der Waals surface area (Å²) in [6.07, 6.45) is -3.12. The highest BCUT2D eigenvalue weighted by Gasteiger charge is 2.30. The summed E-state index contributed by atoms with van der Waals surface area (Å²) in [5.41, 5.74) is -0.197. The standard InChI is InChI=1S/C16H11F3N4O2/c17-16(18,19)11-5-4-6-12(9-11)20-15(24)21-14-10-23(22-25-14)13-7-2-1-3-8-13/h1-10H,(H-,20,21,22,24). The molecule has 0 saturated heterocycles. The third-order valence-corrected chi connectivity index (χ3v) is 3.13. The normalized spacial score (nSPS) is 12.2. The lowest BCUT2D eigenvalue weighted by atomic mass is 10.2. The summed E-state index contributed by atoms with van der Waals surface area (Å²) < 4.78 is 44.2. The van der Waals surface area contributed by atoms with Gasteiger partial charge in [-0.15, -0.1) is 0 Å². The van der Waals surface area contributed by atoms with E-state index in [2.05, 4.69) is 15.6 Å². The predicted octanol–water partition coefficient (Wildman–Crippen LogP) is 2.43. The number of alkyl halides is 3. The molecule has 9 heteroatoms. The van der Waals surface area contributed by atoms with Crippen LogP contribution in [-0.4, -0.2) is 11.3 Å². The van der Waals surface area contributed by atoms with Crippen LogP contribution in [-0.2, 0) is 6.18 Å². The largest absolute Gasteiger partial charge is 0.846 e. The molecule has 0 bridgehead atoms. The summed E-state index contributed by atoms with van der Waals surface area (Å²) in [5, 5.41) is 17.8. The van der Waals surface area contributed by atoms with Crippen LogP contribution in [0.25, 0.3) is 5.69 Å². The third-order valence-electron chi connectivity index (χ3n) is 3.13. The fraction of sp³-hybridized carbons (Fsp3) is 0.0625. The molecule has 1 heterocycles. The Morgan fingerprint density at radius 2 is 1.88 bits per heavy atom. The van der Waals surface area contributed by atoms with Crippen LogP contribution in [0, 0.1) is 0 Å². The number of amidine groups is 1. The summed E-state index contributed by atoms with van der Waals surface area (Å²) in [5.74, 6) is -0.0895. The number of nitrogens with one attached hydrogen (secondary N) is 1. The summed E-state index contributed by atoms with van der Waals surface area (Å²) >= 11 is 0. The van der Waals surface area contributed by atoms with E-state index >= 15 is 0 Å². The first-order valence-electron chi connectivity index (χ1n) is 7.06. The van der Waals surface area contributed by atoms with Gasteiger partial charge in [0.15, 0.2) is 0 Å². The van der Waals surface area contributed by atoms with Crippen LogP contribution in [0.4, 0.5) is 24.7 Å². The van der Waals surface area contributed by atoms with E-state index in [1.807, 2.05) is 6.07 Å². The van der Waals surface area contributed by atoms with Crippen molar-refractivity contribution < 1.29 is 27.5 Å². The Morgan fingerprint density at radius 3 is 2.60 bits per heavy atom. The van der Waals surface area contributed by atoms with Crippen molar-refractivity contribution >= 4 is 17.6 Å². The van der Waals surface area contributed by atoms with Gasteiger partial charge in [-0.2, -0.15) is 13.2 Å². The first-order chi connectivity index (χ1) is 11.9. The van der Waals surface area contributed by atoms with Gasteiger partial charge in [-0.25, -0.2) is 4.99 Å². The number of nitrogens with zero attached hydrogens (tertiary/aromatic N) is 3.